The van der Waals surface area contributed by atoms with Gasteiger partial charge in [0.05, 0.1) is 9.82 Å². The van der Waals surface area contributed by atoms with Crippen molar-refractivity contribution in [3.8, 4) is 0 Å². The second-order valence-electron chi connectivity index (χ2n) is 6.05. The van der Waals surface area contributed by atoms with E-state index < -0.39 is 14.9 Å². The van der Waals surface area contributed by atoms with Crippen LogP contribution >= 0.6 is 0 Å². The maximum Gasteiger partial charge on any atom is 0.272 e. The molecule has 22 heavy (non-hydrogen) atoms. The summed E-state index contributed by atoms with van der Waals surface area (Å²) in [6.07, 6.45) is 0. The Kier molecular flexibility index (Phi) is 5.90. The van der Waals surface area contributed by atoms with Crippen LogP contribution in [0.2, 0.25) is 0 Å². The van der Waals surface area contributed by atoms with Crippen LogP contribution in [0, 0.1) is 27.9 Å². The molecule has 0 atom stereocenters. The number of benzene rings is 1. The summed E-state index contributed by atoms with van der Waals surface area (Å²) in [5.74, 6) is 1.23. The van der Waals surface area contributed by atoms with Gasteiger partial charge in [-0.15, -0.1) is 0 Å². The van der Waals surface area contributed by atoms with Gasteiger partial charge in [0.15, 0.2) is 0 Å². The Balaban J connectivity index is 3.09. The number of nitrogens with one attached hydrogen (secondary N) is 1. The minimum absolute atomic E-state index is 0.269. The van der Waals surface area contributed by atoms with Crippen molar-refractivity contribution >= 4 is 21.4 Å². The highest BCUT2D eigenvalue weighted by Gasteiger charge is 2.19. The van der Waals surface area contributed by atoms with Gasteiger partial charge in [0, 0.05) is 24.4 Å². The Bertz CT molecular complexity index is 633. The molecule has 3 N–H and O–H groups in total. The molecule has 0 aliphatic carbocycles. The minimum atomic E-state index is -4.00. The zero-order valence-corrected chi connectivity index (χ0v) is 14.1. The zero-order chi connectivity index (χ0) is 17.1. The van der Waals surface area contributed by atoms with Gasteiger partial charge in [-0.3, -0.25) is 10.1 Å². The van der Waals surface area contributed by atoms with Gasteiger partial charge in [0.2, 0.25) is 10.0 Å². The van der Waals surface area contributed by atoms with E-state index in [0.717, 1.165) is 6.07 Å². The van der Waals surface area contributed by atoms with Crippen molar-refractivity contribution in [2.24, 2.45) is 22.9 Å². The molecule has 0 fully saturated rings. The van der Waals surface area contributed by atoms with Crippen LogP contribution in [0.15, 0.2) is 23.1 Å². The van der Waals surface area contributed by atoms with E-state index in [1.54, 1.807) is 0 Å². The van der Waals surface area contributed by atoms with Gasteiger partial charge in [-0.05, 0) is 23.8 Å². The van der Waals surface area contributed by atoms with E-state index in [4.69, 9.17) is 5.14 Å². The number of nitro benzene ring substituents is 1. The number of hydrogen-bond donors (Lipinski definition) is 2. The highest BCUT2D eigenvalue weighted by molar-refractivity contribution is 7.89. The first-order chi connectivity index (χ1) is 10.0. The molecule has 0 aromatic heterocycles. The maximum absolute atomic E-state index is 11.4. The third-order valence-electron chi connectivity index (χ3n) is 3.69. The number of non-ortho nitro benzene ring substituents is 1. The summed E-state index contributed by atoms with van der Waals surface area (Å²) in [4.78, 5) is 10.0. The van der Waals surface area contributed by atoms with E-state index in [1.807, 2.05) is 0 Å². The molecule has 124 valence electrons. The van der Waals surface area contributed by atoms with Crippen molar-refractivity contribution < 1.29 is 13.3 Å². The van der Waals surface area contributed by atoms with Crippen molar-refractivity contribution in [3.05, 3.63) is 28.3 Å². The first-order valence-corrected chi connectivity index (χ1v) is 8.63. The smallest absolute Gasteiger partial charge is 0.272 e. The van der Waals surface area contributed by atoms with E-state index in [-0.39, 0.29) is 10.6 Å². The number of nitrogens with zero attached hydrogens (tertiary/aromatic N) is 1. The Morgan fingerprint density at radius 2 is 1.73 bits per heavy atom. The third-order valence-corrected chi connectivity index (χ3v) is 4.58. The average molecular weight is 329 g/mol. The molecule has 1 rings (SSSR count). The SMILES string of the molecule is CC(C)C(CNc1cc([N+](=O)[O-])cc(S(N)(=O)=O)c1)C(C)C. The Labute approximate surface area is 131 Å². The molecular formula is C14H23N3O4S. The quantitative estimate of drug-likeness (QED) is 0.589. The molecule has 0 amide bonds. The molecule has 0 radical (unpaired) electrons. The van der Waals surface area contributed by atoms with Crippen LogP contribution in [0.4, 0.5) is 11.4 Å². The number of rotatable bonds is 7. The summed E-state index contributed by atoms with van der Waals surface area (Å²) < 4.78 is 22.9. The van der Waals surface area contributed by atoms with E-state index in [2.05, 4.69) is 33.0 Å². The van der Waals surface area contributed by atoms with Gasteiger partial charge in [0.1, 0.15) is 0 Å². The summed E-state index contributed by atoms with van der Waals surface area (Å²) in [6.45, 7) is 9.02. The number of anilines is 1. The van der Waals surface area contributed by atoms with Gasteiger partial charge in [-0.2, -0.15) is 0 Å². The lowest BCUT2D eigenvalue weighted by molar-refractivity contribution is -0.385. The highest BCUT2D eigenvalue weighted by Crippen LogP contribution is 2.25. The molecule has 1 aromatic rings. The fourth-order valence-corrected chi connectivity index (χ4v) is 3.01. The molecule has 0 spiro atoms. The standard InChI is InChI=1S/C14H23N3O4S/c1-9(2)14(10(3)4)8-16-11-5-12(17(18)19)7-13(6-11)22(15,20)21/h5-7,9-10,14,16H,8H2,1-4H3,(H2,15,20,21). The molecule has 0 aliphatic rings. The van der Waals surface area contributed by atoms with E-state index in [9.17, 15) is 18.5 Å². The van der Waals surface area contributed by atoms with Crippen LogP contribution in [0.1, 0.15) is 27.7 Å². The second kappa shape index (κ2) is 7.06. The van der Waals surface area contributed by atoms with Crippen molar-refractivity contribution in [3.63, 3.8) is 0 Å². The molecular weight excluding hydrogens is 306 g/mol. The predicted molar refractivity (Wildman–Crippen MR) is 86.1 cm³/mol. The first-order valence-electron chi connectivity index (χ1n) is 7.08. The lowest BCUT2D eigenvalue weighted by Gasteiger charge is -2.25. The van der Waals surface area contributed by atoms with Crippen LogP contribution in [0.25, 0.3) is 0 Å². The zero-order valence-electron chi connectivity index (χ0n) is 13.2. The molecule has 0 bridgehead atoms. The summed E-state index contributed by atoms with van der Waals surface area (Å²) in [5.41, 5.74) is 0.0733. The summed E-state index contributed by atoms with van der Waals surface area (Å²) >= 11 is 0. The number of sulfonamides is 1. The lowest BCUT2D eigenvalue weighted by atomic mass is 9.85. The van der Waals surface area contributed by atoms with Crippen molar-refractivity contribution in [1.29, 1.82) is 0 Å². The molecule has 0 saturated heterocycles. The highest BCUT2D eigenvalue weighted by atomic mass is 32.2. The molecule has 8 heteroatoms. The average Bonchev–Trinajstić information content (AvgIpc) is 2.36. The van der Waals surface area contributed by atoms with Gasteiger partial charge in [0.25, 0.3) is 5.69 Å². The van der Waals surface area contributed by atoms with Crippen LogP contribution in [-0.4, -0.2) is 19.9 Å². The van der Waals surface area contributed by atoms with Crippen LogP contribution in [0.3, 0.4) is 0 Å². The third kappa shape index (κ3) is 4.96. The van der Waals surface area contributed by atoms with Crippen molar-refractivity contribution in [1.82, 2.24) is 0 Å². The molecule has 0 saturated carbocycles. The fourth-order valence-electron chi connectivity index (χ4n) is 2.43. The normalized spacial score (nSPS) is 12.2. The lowest BCUT2D eigenvalue weighted by Crippen LogP contribution is -2.24. The molecule has 7 nitrogen and oxygen atoms in total. The molecule has 1 aromatic carbocycles. The fraction of sp³-hybridized carbons (Fsp3) is 0.571. The largest absolute Gasteiger partial charge is 0.385 e. The molecule has 0 aliphatic heterocycles. The van der Waals surface area contributed by atoms with Gasteiger partial charge >= 0.3 is 0 Å². The minimum Gasteiger partial charge on any atom is -0.385 e. The molecule has 0 heterocycles. The monoisotopic (exact) mass is 329 g/mol. The Morgan fingerprint density at radius 3 is 2.14 bits per heavy atom. The van der Waals surface area contributed by atoms with Crippen molar-refractivity contribution in [2.75, 3.05) is 11.9 Å². The van der Waals surface area contributed by atoms with Crippen LogP contribution in [0.5, 0.6) is 0 Å². The Morgan fingerprint density at radius 1 is 1.18 bits per heavy atom. The van der Waals surface area contributed by atoms with Gasteiger partial charge < -0.3 is 5.32 Å². The number of hydrogen-bond acceptors (Lipinski definition) is 5. The van der Waals surface area contributed by atoms with Crippen LogP contribution < -0.4 is 10.5 Å². The van der Waals surface area contributed by atoms with E-state index in [0.29, 0.717) is 30.0 Å². The molecule has 0 unspecified atom stereocenters. The number of nitrogens with two attached hydrogens (primary N) is 1. The number of nitro groups is 1. The van der Waals surface area contributed by atoms with Gasteiger partial charge in [-0.25, -0.2) is 13.6 Å². The number of primary sulfonamides is 1. The maximum atomic E-state index is 11.4. The van der Waals surface area contributed by atoms with E-state index >= 15 is 0 Å². The van der Waals surface area contributed by atoms with Crippen LogP contribution in [-0.2, 0) is 10.0 Å². The topological polar surface area (TPSA) is 115 Å². The van der Waals surface area contributed by atoms with E-state index in [1.165, 1.54) is 12.1 Å². The second-order valence-corrected chi connectivity index (χ2v) is 7.61. The first kappa shape index (κ1) is 18.4. The summed E-state index contributed by atoms with van der Waals surface area (Å²) in [5, 5.41) is 19.1. The summed E-state index contributed by atoms with van der Waals surface area (Å²) in [7, 11) is -4.00. The predicted octanol–water partition coefficient (Wildman–Crippen LogP) is 2.58. The van der Waals surface area contributed by atoms with Gasteiger partial charge in [-0.1, -0.05) is 27.7 Å². The van der Waals surface area contributed by atoms with Crippen molar-refractivity contribution in [2.45, 2.75) is 32.6 Å². The Hall–Kier alpha value is -1.67. The summed E-state index contributed by atoms with van der Waals surface area (Å²) in [6, 6.07) is 3.59.